The van der Waals surface area contributed by atoms with Gasteiger partial charge < -0.3 is 4.74 Å². The summed E-state index contributed by atoms with van der Waals surface area (Å²) in [7, 11) is 0. The van der Waals surface area contributed by atoms with Gasteiger partial charge in [-0.15, -0.1) is 5.10 Å². The van der Waals surface area contributed by atoms with Crippen molar-refractivity contribution in [2.75, 3.05) is 13.2 Å². The van der Waals surface area contributed by atoms with E-state index in [1.54, 1.807) is 0 Å². The third kappa shape index (κ3) is 3.26. The number of rotatable bonds is 5. The van der Waals surface area contributed by atoms with Gasteiger partial charge in [0.25, 0.3) is 0 Å². The molecule has 1 aromatic rings. The number of ether oxygens (including phenoxy) is 1. The molecule has 5 nitrogen and oxygen atoms in total. The summed E-state index contributed by atoms with van der Waals surface area (Å²) < 4.78 is 9.47. The molecule has 0 aliphatic carbocycles. The molecule has 2 rings (SSSR count). The van der Waals surface area contributed by atoms with Crippen molar-refractivity contribution in [3.63, 3.8) is 0 Å². The molecule has 1 saturated heterocycles. The van der Waals surface area contributed by atoms with E-state index in [4.69, 9.17) is 10.6 Å². The third-order valence-electron chi connectivity index (χ3n) is 3.51. The minimum Gasteiger partial charge on any atom is -0.381 e. The lowest BCUT2D eigenvalue weighted by atomic mass is 9.91. The Kier molecular flexibility index (Phi) is 5.05. The Morgan fingerprint density at radius 2 is 2.17 bits per heavy atom. The van der Waals surface area contributed by atoms with Gasteiger partial charge in [-0.1, -0.05) is 18.3 Å². The summed E-state index contributed by atoms with van der Waals surface area (Å²) in [5, 5.41) is 4.23. The second-order valence-corrected chi connectivity index (χ2v) is 5.97. The molecule has 0 saturated carbocycles. The summed E-state index contributed by atoms with van der Waals surface area (Å²) in [4.78, 5) is 1.19. The SMILES string of the molecule is CC(C)c1nnsc1C(CC1CCOCC1)NN. The minimum absolute atomic E-state index is 0.172. The monoisotopic (exact) mass is 270 g/mol. The highest BCUT2D eigenvalue weighted by Gasteiger charge is 2.24. The predicted octanol–water partition coefficient (Wildman–Crippen LogP) is 1.98. The molecule has 0 amide bonds. The number of hydrogen-bond donors (Lipinski definition) is 2. The molecule has 0 bridgehead atoms. The topological polar surface area (TPSA) is 73.1 Å². The van der Waals surface area contributed by atoms with Crippen LogP contribution >= 0.6 is 11.5 Å². The Morgan fingerprint density at radius 3 is 2.78 bits per heavy atom. The fraction of sp³-hybridized carbons (Fsp3) is 0.833. The molecule has 3 N–H and O–H groups in total. The summed E-state index contributed by atoms with van der Waals surface area (Å²) in [6.45, 7) is 6.03. The van der Waals surface area contributed by atoms with E-state index in [-0.39, 0.29) is 6.04 Å². The lowest BCUT2D eigenvalue weighted by Crippen LogP contribution is -2.31. The molecule has 1 fully saturated rings. The summed E-state index contributed by atoms with van der Waals surface area (Å²) >= 11 is 1.46. The van der Waals surface area contributed by atoms with Gasteiger partial charge in [-0.3, -0.25) is 11.3 Å². The largest absolute Gasteiger partial charge is 0.381 e. The van der Waals surface area contributed by atoms with E-state index < -0.39 is 0 Å². The summed E-state index contributed by atoms with van der Waals surface area (Å²) in [5.41, 5.74) is 4.02. The molecule has 6 heteroatoms. The van der Waals surface area contributed by atoms with Crippen LogP contribution in [0.1, 0.15) is 55.6 Å². The van der Waals surface area contributed by atoms with Gasteiger partial charge in [0.1, 0.15) is 0 Å². The summed E-state index contributed by atoms with van der Waals surface area (Å²) in [6, 6.07) is 0.172. The van der Waals surface area contributed by atoms with E-state index in [1.165, 1.54) is 16.4 Å². The van der Waals surface area contributed by atoms with Crippen molar-refractivity contribution in [3.8, 4) is 0 Å². The van der Waals surface area contributed by atoms with Crippen LogP contribution in [0.25, 0.3) is 0 Å². The van der Waals surface area contributed by atoms with Crippen molar-refractivity contribution in [2.45, 2.75) is 45.1 Å². The van der Waals surface area contributed by atoms with Gasteiger partial charge in [0.05, 0.1) is 16.6 Å². The first kappa shape index (κ1) is 13.9. The summed E-state index contributed by atoms with van der Waals surface area (Å²) in [6.07, 6.45) is 3.30. The van der Waals surface area contributed by atoms with Crippen molar-refractivity contribution in [1.29, 1.82) is 0 Å². The number of nitrogens with zero attached hydrogens (tertiary/aromatic N) is 2. The van der Waals surface area contributed by atoms with E-state index in [0.717, 1.165) is 38.2 Å². The standard InChI is InChI=1S/C12H22N4OS/c1-8(2)11-12(18-16-15-11)10(14-13)7-9-3-5-17-6-4-9/h8-10,14H,3-7,13H2,1-2H3. The first-order valence-electron chi connectivity index (χ1n) is 6.58. The van der Waals surface area contributed by atoms with Gasteiger partial charge in [0.2, 0.25) is 0 Å². The summed E-state index contributed by atoms with van der Waals surface area (Å²) in [5.74, 6) is 6.80. The zero-order chi connectivity index (χ0) is 13.0. The first-order valence-corrected chi connectivity index (χ1v) is 7.35. The number of hydrazine groups is 1. The molecule has 1 unspecified atom stereocenters. The molecular weight excluding hydrogens is 248 g/mol. The van der Waals surface area contributed by atoms with Gasteiger partial charge in [-0.2, -0.15) is 0 Å². The molecule has 1 atom stereocenters. The normalized spacial score (nSPS) is 19.3. The van der Waals surface area contributed by atoms with Crippen LogP contribution in [0.4, 0.5) is 0 Å². The lowest BCUT2D eigenvalue weighted by Gasteiger charge is -2.26. The fourth-order valence-corrected chi connectivity index (χ4v) is 3.29. The molecule has 0 spiro atoms. The third-order valence-corrected chi connectivity index (χ3v) is 4.37. The Bertz CT molecular complexity index is 363. The average Bonchev–Trinajstić information content (AvgIpc) is 2.86. The minimum atomic E-state index is 0.172. The highest BCUT2D eigenvalue weighted by atomic mass is 32.1. The Labute approximate surface area is 112 Å². The average molecular weight is 270 g/mol. The fourth-order valence-electron chi connectivity index (χ4n) is 2.41. The second kappa shape index (κ2) is 6.56. The predicted molar refractivity (Wildman–Crippen MR) is 72.2 cm³/mol. The molecular formula is C12H22N4OS. The van der Waals surface area contributed by atoms with Crippen LogP contribution in [0, 0.1) is 5.92 Å². The van der Waals surface area contributed by atoms with Crippen LogP contribution in [-0.2, 0) is 4.74 Å². The number of aromatic nitrogens is 2. The van der Waals surface area contributed by atoms with Gasteiger partial charge in [0.15, 0.2) is 0 Å². The van der Waals surface area contributed by atoms with Crippen molar-refractivity contribution < 1.29 is 4.74 Å². The maximum Gasteiger partial charge on any atom is 0.0829 e. The quantitative estimate of drug-likeness (QED) is 0.632. The van der Waals surface area contributed by atoms with Gasteiger partial charge in [0, 0.05) is 13.2 Å². The second-order valence-electron chi connectivity index (χ2n) is 5.19. The van der Waals surface area contributed by atoms with E-state index in [0.29, 0.717) is 11.8 Å². The molecule has 18 heavy (non-hydrogen) atoms. The van der Waals surface area contributed by atoms with Crippen LogP contribution in [0.15, 0.2) is 0 Å². The zero-order valence-electron chi connectivity index (χ0n) is 11.1. The van der Waals surface area contributed by atoms with Crippen LogP contribution in [-0.4, -0.2) is 22.8 Å². The zero-order valence-corrected chi connectivity index (χ0v) is 11.9. The van der Waals surface area contributed by atoms with E-state index in [1.807, 2.05) is 0 Å². The van der Waals surface area contributed by atoms with Crippen molar-refractivity contribution >= 4 is 11.5 Å². The number of hydrogen-bond acceptors (Lipinski definition) is 6. The molecule has 2 heterocycles. The van der Waals surface area contributed by atoms with Gasteiger partial charge >= 0.3 is 0 Å². The highest BCUT2D eigenvalue weighted by molar-refractivity contribution is 7.05. The maximum atomic E-state index is 5.72. The molecule has 102 valence electrons. The Hall–Kier alpha value is -0.560. The van der Waals surface area contributed by atoms with Crippen LogP contribution in [0.5, 0.6) is 0 Å². The smallest absolute Gasteiger partial charge is 0.0829 e. The highest BCUT2D eigenvalue weighted by Crippen LogP contribution is 2.32. The van der Waals surface area contributed by atoms with E-state index in [9.17, 15) is 0 Å². The van der Waals surface area contributed by atoms with Crippen molar-refractivity contribution in [2.24, 2.45) is 11.8 Å². The Morgan fingerprint density at radius 1 is 1.44 bits per heavy atom. The van der Waals surface area contributed by atoms with Gasteiger partial charge in [-0.25, -0.2) is 0 Å². The molecule has 0 radical (unpaired) electrons. The molecule has 1 aliphatic rings. The molecule has 1 aliphatic heterocycles. The number of nitrogens with one attached hydrogen (secondary N) is 1. The van der Waals surface area contributed by atoms with E-state index in [2.05, 4.69) is 28.9 Å². The van der Waals surface area contributed by atoms with Crippen molar-refractivity contribution in [3.05, 3.63) is 10.6 Å². The van der Waals surface area contributed by atoms with Crippen molar-refractivity contribution in [1.82, 2.24) is 15.0 Å². The lowest BCUT2D eigenvalue weighted by molar-refractivity contribution is 0.0606. The molecule has 1 aromatic heterocycles. The Balaban J connectivity index is 2.05. The van der Waals surface area contributed by atoms with Gasteiger partial charge in [-0.05, 0) is 42.6 Å². The first-order chi connectivity index (χ1) is 8.72. The van der Waals surface area contributed by atoms with Crippen LogP contribution in [0.3, 0.4) is 0 Å². The maximum absolute atomic E-state index is 5.72. The van der Waals surface area contributed by atoms with Crippen LogP contribution in [0.2, 0.25) is 0 Å². The van der Waals surface area contributed by atoms with E-state index >= 15 is 0 Å². The van der Waals surface area contributed by atoms with Crippen LogP contribution < -0.4 is 11.3 Å². The number of nitrogens with two attached hydrogens (primary N) is 1. The molecule has 0 aromatic carbocycles.